The van der Waals surface area contributed by atoms with Gasteiger partial charge in [0.1, 0.15) is 5.75 Å². The second-order valence-corrected chi connectivity index (χ2v) is 5.85. The molecule has 1 amide bonds. The summed E-state index contributed by atoms with van der Waals surface area (Å²) in [6.45, 7) is -0.0206. The number of halogens is 3. The third kappa shape index (κ3) is 4.36. The van der Waals surface area contributed by atoms with Crippen molar-refractivity contribution in [2.45, 2.75) is 25.6 Å². The zero-order valence-electron chi connectivity index (χ0n) is 14.5. The molecule has 0 unspecified atom stereocenters. The van der Waals surface area contributed by atoms with Crippen LogP contribution in [-0.4, -0.2) is 27.6 Å². The van der Waals surface area contributed by atoms with E-state index in [9.17, 15) is 18.0 Å². The Morgan fingerprint density at radius 3 is 2.70 bits per heavy atom. The molecule has 6 nitrogen and oxygen atoms in total. The molecule has 0 aliphatic heterocycles. The van der Waals surface area contributed by atoms with E-state index >= 15 is 0 Å². The summed E-state index contributed by atoms with van der Waals surface area (Å²) in [5, 5.41) is 10.3. The van der Waals surface area contributed by atoms with Crippen LogP contribution in [0.2, 0.25) is 0 Å². The van der Waals surface area contributed by atoms with Gasteiger partial charge in [-0.1, -0.05) is 18.2 Å². The van der Waals surface area contributed by atoms with E-state index in [0.29, 0.717) is 12.2 Å². The first-order chi connectivity index (χ1) is 12.9. The highest BCUT2D eigenvalue weighted by atomic mass is 19.4. The lowest BCUT2D eigenvalue weighted by Crippen LogP contribution is -2.24. The van der Waals surface area contributed by atoms with Crippen molar-refractivity contribution >= 4 is 11.6 Å². The lowest BCUT2D eigenvalue weighted by Gasteiger charge is -2.09. The third-order valence-corrected chi connectivity index (χ3v) is 4.06. The first-order valence-electron chi connectivity index (χ1n) is 8.18. The molecule has 2 heterocycles. The zero-order valence-corrected chi connectivity index (χ0v) is 14.5. The van der Waals surface area contributed by atoms with E-state index in [1.54, 1.807) is 7.11 Å². The van der Waals surface area contributed by atoms with Gasteiger partial charge in [0.25, 0.3) is 0 Å². The summed E-state index contributed by atoms with van der Waals surface area (Å²) in [7, 11) is 1.56. The standard InChI is InChI=1S/C18H17F3N4O2/c1-27-14-5-3-2-4-12(14)6-9-17(26)22-10-16-24-23-15-8-7-13(11-25(15)16)18(19,20)21/h2-5,7-8,11H,6,9-10H2,1H3,(H,22,26). The van der Waals surface area contributed by atoms with Crippen molar-refractivity contribution in [3.8, 4) is 5.75 Å². The van der Waals surface area contributed by atoms with Gasteiger partial charge in [-0.3, -0.25) is 9.20 Å². The molecule has 0 aliphatic carbocycles. The average Bonchev–Trinajstić information content (AvgIpc) is 3.06. The number of aryl methyl sites for hydroxylation is 1. The summed E-state index contributed by atoms with van der Waals surface area (Å²) in [5.41, 5.74) is 0.373. The molecule has 9 heteroatoms. The highest BCUT2D eigenvalue weighted by Gasteiger charge is 2.31. The maximum Gasteiger partial charge on any atom is 0.417 e. The second-order valence-electron chi connectivity index (χ2n) is 5.85. The highest BCUT2D eigenvalue weighted by molar-refractivity contribution is 5.76. The van der Waals surface area contributed by atoms with Crippen molar-refractivity contribution in [1.29, 1.82) is 0 Å². The molecule has 1 aromatic carbocycles. The summed E-state index contributed by atoms with van der Waals surface area (Å²) in [6, 6.07) is 9.57. The number of nitrogens with one attached hydrogen (secondary N) is 1. The van der Waals surface area contributed by atoms with Crippen molar-refractivity contribution in [3.63, 3.8) is 0 Å². The molecule has 0 bridgehead atoms. The Balaban J connectivity index is 1.63. The van der Waals surface area contributed by atoms with E-state index in [1.165, 1.54) is 10.5 Å². The van der Waals surface area contributed by atoms with Gasteiger partial charge in [-0.05, 0) is 30.2 Å². The number of methoxy groups -OCH3 is 1. The number of hydrogen-bond donors (Lipinski definition) is 1. The van der Waals surface area contributed by atoms with Crippen LogP contribution >= 0.6 is 0 Å². The minimum Gasteiger partial charge on any atom is -0.496 e. The second kappa shape index (κ2) is 7.65. The number of amides is 1. The SMILES string of the molecule is COc1ccccc1CCC(=O)NCc1nnc2ccc(C(F)(F)F)cn12. The normalized spacial score (nSPS) is 11.6. The molecule has 2 aromatic heterocycles. The predicted molar refractivity (Wildman–Crippen MR) is 91.2 cm³/mol. The topological polar surface area (TPSA) is 68.5 Å². The Bertz CT molecular complexity index is 953. The van der Waals surface area contributed by atoms with Gasteiger partial charge in [0, 0.05) is 12.6 Å². The number of para-hydroxylation sites is 1. The molecule has 0 saturated heterocycles. The Kier molecular flexibility index (Phi) is 5.29. The molecule has 27 heavy (non-hydrogen) atoms. The molecular weight excluding hydrogens is 361 g/mol. The van der Waals surface area contributed by atoms with E-state index in [2.05, 4.69) is 15.5 Å². The van der Waals surface area contributed by atoms with Crippen LogP contribution in [-0.2, 0) is 23.9 Å². The van der Waals surface area contributed by atoms with Crippen LogP contribution in [0, 0.1) is 0 Å². The van der Waals surface area contributed by atoms with E-state index < -0.39 is 11.7 Å². The molecular formula is C18H17F3N4O2. The molecule has 1 N–H and O–H groups in total. The fourth-order valence-electron chi connectivity index (χ4n) is 2.65. The molecule has 0 atom stereocenters. The molecule has 0 aliphatic rings. The summed E-state index contributed by atoms with van der Waals surface area (Å²) in [4.78, 5) is 12.1. The average molecular weight is 378 g/mol. The van der Waals surface area contributed by atoms with E-state index in [0.717, 1.165) is 17.8 Å². The van der Waals surface area contributed by atoms with Gasteiger partial charge in [-0.25, -0.2) is 0 Å². The van der Waals surface area contributed by atoms with Crippen molar-refractivity contribution in [2.24, 2.45) is 0 Å². The Labute approximate surface area is 153 Å². The summed E-state index contributed by atoms with van der Waals surface area (Å²) in [6.07, 6.45) is -2.85. The highest BCUT2D eigenvalue weighted by Crippen LogP contribution is 2.29. The Morgan fingerprint density at radius 1 is 1.19 bits per heavy atom. The number of carbonyl (C=O) groups is 1. The van der Waals surface area contributed by atoms with E-state index in [-0.39, 0.29) is 30.3 Å². The van der Waals surface area contributed by atoms with Gasteiger partial charge in [0.2, 0.25) is 5.91 Å². The number of ether oxygens (including phenoxy) is 1. The van der Waals surface area contributed by atoms with Gasteiger partial charge in [0.15, 0.2) is 11.5 Å². The van der Waals surface area contributed by atoms with Crippen molar-refractivity contribution in [3.05, 3.63) is 59.5 Å². The van der Waals surface area contributed by atoms with Crippen LogP contribution in [0.5, 0.6) is 5.75 Å². The molecule has 0 spiro atoms. The first kappa shape index (κ1) is 18.7. The predicted octanol–water partition coefficient (Wildman–Crippen LogP) is 3.01. The number of rotatable bonds is 6. The quantitative estimate of drug-likeness (QED) is 0.716. The molecule has 0 saturated carbocycles. The van der Waals surface area contributed by atoms with Crippen molar-refractivity contribution in [1.82, 2.24) is 19.9 Å². The smallest absolute Gasteiger partial charge is 0.417 e. The number of pyridine rings is 1. The third-order valence-electron chi connectivity index (χ3n) is 4.06. The molecule has 3 rings (SSSR count). The maximum atomic E-state index is 12.9. The van der Waals surface area contributed by atoms with E-state index in [1.807, 2.05) is 24.3 Å². The van der Waals surface area contributed by atoms with Gasteiger partial charge in [-0.2, -0.15) is 13.2 Å². The number of nitrogens with zero attached hydrogens (tertiary/aromatic N) is 3. The Hall–Kier alpha value is -3.10. The van der Waals surface area contributed by atoms with Gasteiger partial charge >= 0.3 is 6.18 Å². The summed E-state index contributed by atoms with van der Waals surface area (Å²) in [5.74, 6) is 0.680. The van der Waals surface area contributed by atoms with Gasteiger partial charge < -0.3 is 10.1 Å². The van der Waals surface area contributed by atoms with Crippen LogP contribution in [0.3, 0.4) is 0 Å². The lowest BCUT2D eigenvalue weighted by atomic mass is 10.1. The fraction of sp³-hybridized carbons (Fsp3) is 0.278. The number of alkyl halides is 3. The van der Waals surface area contributed by atoms with Crippen LogP contribution < -0.4 is 10.1 Å². The summed E-state index contributed by atoms with van der Waals surface area (Å²) >= 11 is 0. The first-order valence-corrected chi connectivity index (χ1v) is 8.18. The number of carbonyl (C=O) groups excluding carboxylic acids is 1. The lowest BCUT2D eigenvalue weighted by molar-refractivity contribution is -0.137. The van der Waals surface area contributed by atoms with Crippen LogP contribution in [0.25, 0.3) is 5.65 Å². The van der Waals surface area contributed by atoms with Gasteiger partial charge in [0.05, 0.1) is 19.2 Å². The number of aromatic nitrogens is 3. The molecule has 0 fully saturated rings. The largest absolute Gasteiger partial charge is 0.496 e. The van der Waals surface area contributed by atoms with Crippen LogP contribution in [0.1, 0.15) is 23.4 Å². The molecule has 142 valence electrons. The van der Waals surface area contributed by atoms with Crippen LogP contribution in [0.15, 0.2) is 42.6 Å². The number of fused-ring (bicyclic) bond motifs is 1. The van der Waals surface area contributed by atoms with Crippen molar-refractivity contribution < 1.29 is 22.7 Å². The monoisotopic (exact) mass is 378 g/mol. The molecule has 3 aromatic rings. The number of benzene rings is 1. The summed E-state index contributed by atoms with van der Waals surface area (Å²) < 4.78 is 45.0. The van der Waals surface area contributed by atoms with Crippen molar-refractivity contribution in [2.75, 3.05) is 7.11 Å². The fourth-order valence-corrected chi connectivity index (χ4v) is 2.65. The minimum absolute atomic E-state index is 0.0206. The zero-order chi connectivity index (χ0) is 19.4. The molecule has 0 radical (unpaired) electrons. The Morgan fingerprint density at radius 2 is 1.96 bits per heavy atom. The van der Waals surface area contributed by atoms with Crippen LogP contribution in [0.4, 0.5) is 13.2 Å². The van der Waals surface area contributed by atoms with Gasteiger partial charge in [-0.15, -0.1) is 10.2 Å². The number of hydrogen-bond acceptors (Lipinski definition) is 4. The maximum absolute atomic E-state index is 12.9. The minimum atomic E-state index is -4.46. The van der Waals surface area contributed by atoms with E-state index in [4.69, 9.17) is 4.74 Å².